The lowest BCUT2D eigenvalue weighted by atomic mass is 9.89. The molecule has 1 aromatic carbocycles. The number of hydrogen-bond donors (Lipinski definition) is 0. The maximum absolute atomic E-state index is 12.0. The first-order valence-corrected chi connectivity index (χ1v) is 5.45. The standard InChI is InChI=1S/C12H11ClO3/c1-7(14)16-11-5-3-8-2-4-9(13)6-10(8)12(11)15/h2,4,6,11H,3,5H2,1H3. The fourth-order valence-electron chi connectivity index (χ4n) is 1.90. The van der Waals surface area contributed by atoms with Crippen molar-refractivity contribution in [2.24, 2.45) is 0 Å². The first-order valence-electron chi connectivity index (χ1n) is 5.08. The summed E-state index contributed by atoms with van der Waals surface area (Å²) in [5, 5.41) is 0.524. The van der Waals surface area contributed by atoms with E-state index >= 15 is 0 Å². The van der Waals surface area contributed by atoms with E-state index in [0.29, 0.717) is 17.0 Å². The molecule has 84 valence electrons. The molecular formula is C12H11ClO3. The van der Waals surface area contributed by atoms with Gasteiger partial charge in [-0.2, -0.15) is 0 Å². The second-order valence-electron chi connectivity index (χ2n) is 3.80. The summed E-state index contributed by atoms with van der Waals surface area (Å²) in [7, 11) is 0. The Labute approximate surface area is 98.4 Å². The van der Waals surface area contributed by atoms with Gasteiger partial charge in [-0.25, -0.2) is 0 Å². The summed E-state index contributed by atoms with van der Waals surface area (Å²) in [6, 6.07) is 5.24. The van der Waals surface area contributed by atoms with Crippen molar-refractivity contribution in [3.05, 3.63) is 34.3 Å². The largest absolute Gasteiger partial charge is 0.454 e. The summed E-state index contributed by atoms with van der Waals surface area (Å²) < 4.78 is 4.97. The van der Waals surface area contributed by atoms with Crippen molar-refractivity contribution in [2.75, 3.05) is 0 Å². The van der Waals surface area contributed by atoms with E-state index in [0.717, 1.165) is 12.0 Å². The van der Waals surface area contributed by atoms with Crippen LogP contribution in [0.25, 0.3) is 0 Å². The molecule has 0 spiro atoms. The number of benzene rings is 1. The van der Waals surface area contributed by atoms with E-state index in [1.807, 2.05) is 6.07 Å². The number of halogens is 1. The van der Waals surface area contributed by atoms with Crippen molar-refractivity contribution < 1.29 is 14.3 Å². The van der Waals surface area contributed by atoms with Crippen LogP contribution in [0.2, 0.25) is 5.02 Å². The molecule has 1 unspecified atom stereocenters. The van der Waals surface area contributed by atoms with Crippen molar-refractivity contribution >= 4 is 23.4 Å². The lowest BCUT2D eigenvalue weighted by Crippen LogP contribution is -2.31. The number of ketones is 1. The highest BCUT2D eigenvalue weighted by molar-refractivity contribution is 6.31. The Kier molecular flexibility index (Phi) is 2.97. The van der Waals surface area contributed by atoms with Gasteiger partial charge in [-0.1, -0.05) is 17.7 Å². The van der Waals surface area contributed by atoms with E-state index in [9.17, 15) is 9.59 Å². The second kappa shape index (κ2) is 4.26. The van der Waals surface area contributed by atoms with E-state index in [2.05, 4.69) is 0 Å². The van der Waals surface area contributed by atoms with Crippen LogP contribution in [0.15, 0.2) is 18.2 Å². The number of ether oxygens (including phenoxy) is 1. The number of esters is 1. The van der Waals surface area contributed by atoms with Crippen molar-refractivity contribution in [3.8, 4) is 0 Å². The number of carbonyl (C=O) groups is 2. The second-order valence-corrected chi connectivity index (χ2v) is 4.24. The summed E-state index contributed by atoms with van der Waals surface area (Å²) >= 11 is 5.84. The predicted octanol–water partition coefficient (Wildman–Crippen LogP) is 2.40. The number of hydrogen-bond acceptors (Lipinski definition) is 3. The van der Waals surface area contributed by atoms with Gasteiger partial charge in [-0.3, -0.25) is 9.59 Å². The van der Waals surface area contributed by atoms with Crippen molar-refractivity contribution in [2.45, 2.75) is 25.9 Å². The van der Waals surface area contributed by atoms with Gasteiger partial charge in [0.25, 0.3) is 0 Å². The third-order valence-electron chi connectivity index (χ3n) is 2.61. The fourth-order valence-corrected chi connectivity index (χ4v) is 2.07. The summed E-state index contributed by atoms with van der Waals surface area (Å²) in [5.41, 5.74) is 1.54. The van der Waals surface area contributed by atoms with E-state index < -0.39 is 12.1 Å². The average molecular weight is 239 g/mol. The van der Waals surface area contributed by atoms with E-state index in [-0.39, 0.29) is 5.78 Å². The Morgan fingerprint density at radius 3 is 2.94 bits per heavy atom. The molecular weight excluding hydrogens is 228 g/mol. The van der Waals surface area contributed by atoms with Gasteiger partial charge in [0.05, 0.1) is 0 Å². The molecule has 0 radical (unpaired) electrons. The monoisotopic (exact) mass is 238 g/mol. The van der Waals surface area contributed by atoms with Gasteiger partial charge in [-0.15, -0.1) is 0 Å². The van der Waals surface area contributed by atoms with Gasteiger partial charge in [0.15, 0.2) is 6.10 Å². The number of fused-ring (bicyclic) bond motifs is 1. The molecule has 0 aromatic heterocycles. The van der Waals surface area contributed by atoms with E-state index in [1.54, 1.807) is 12.1 Å². The van der Waals surface area contributed by atoms with Gasteiger partial charge in [0.1, 0.15) is 0 Å². The Morgan fingerprint density at radius 2 is 2.25 bits per heavy atom. The Bertz CT molecular complexity index is 454. The maximum atomic E-state index is 12.0. The van der Waals surface area contributed by atoms with Gasteiger partial charge in [0, 0.05) is 17.5 Å². The summed E-state index contributed by atoms with van der Waals surface area (Å²) in [5.74, 6) is -0.581. The normalized spacial score (nSPS) is 19.1. The number of aryl methyl sites for hydroxylation is 1. The Morgan fingerprint density at radius 1 is 1.50 bits per heavy atom. The molecule has 0 bridgehead atoms. The van der Waals surface area contributed by atoms with Gasteiger partial charge in [-0.05, 0) is 30.5 Å². The highest BCUT2D eigenvalue weighted by atomic mass is 35.5. The third kappa shape index (κ3) is 2.09. The first kappa shape index (κ1) is 11.1. The number of carbonyl (C=O) groups excluding carboxylic acids is 2. The molecule has 16 heavy (non-hydrogen) atoms. The molecule has 0 N–H and O–H groups in total. The topological polar surface area (TPSA) is 43.4 Å². The SMILES string of the molecule is CC(=O)OC1CCc2ccc(Cl)cc2C1=O. The smallest absolute Gasteiger partial charge is 0.303 e. The molecule has 0 saturated heterocycles. The van der Waals surface area contributed by atoms with Crippen LogP contribution in [0.5, 0.6) is 0 Å². The minimum atomic E-state index is -0.650. The van der Waals surface area contributed by atoms with Crippen LogP contribution in [0.1, 0.15) is 29.3 Å². The molecule has 4 heteroatoms. The van der Waals surface area contributed by atoms with E-state index in [1.165, 1.54) is 6.92 Å². The van der Waals surface area contributed by atoms with Gasteiger partial charge < -0.3 is 4.74 Å². The zero-order chi connectivity index (χ0) is 11.7. The number of Topliss-reactive ketones (excluding diaryl/α,β-unsaturated/α-hetero) is 1. The van der Waals surface area contributed by atoms with Crippen LogP contribution in [0, 0.1) is 0 Å². The lowest BCUT2D eigenvalue weighted by Gasteiger charge is -2.22. The first-order chi connectivity index (χ1) is 7.58. The minimum absolute atomic E-state index is 0.154. The lowest BCUT2D eigenvalue weighted by molar-refractivity contribution is -0.144. The molecule has 0 saturated carbocycles. The molecule has 1 aliphatic carbocycles. The molecule has 3 nitrogen and oxygen atoms in total. The highest BCUT2D eigenvalue weighted by Crippen LogP contribution is 2.26. The molecule has 0 fully saturated rings. The number of rotatable bonds is 1. The molecule has 1 aliphatic rings. The fraction of sp³-hybridized carbons (Fsp3) is 0.333. The Balaban J connectivity index is 2.30. The third-order valence-corrected chi connectivity index (χ3v) is 2.85. The van der Waals surface area contributed by atoms with Crippen LogP contribution in [0.4, 0.5) is 0 Å². The predicted molar refractivity (Wildman–Crippen MR) is 59.7 cm³/mol. The maximum Gasteiger partial charge on any atom is 0.303 e. The van der Waals surface area contributed by atoms with Crippen molar-refractivity contribution in [3.63, 3.8) is 0 Å². The zero-order valence-corrected chi connectivity index (χ0v) is 9.58. The van der Waals surface area contributed by atoms with E-state index in [4.69, 9.17) is 16.3 Å². The van der Waals surface area contributed by atoms with Gasteiger partial charge in [0.2, 0.25) is 5.78 Å². The Hall–Kier alpha value is -1.35. The average Bonchev–Trinajstić information content (AvgIpc) is 2.22. The molecule has 0 aliphatic heterocycles. The quantitative estimate of drug-likeness (QED) is 0.706. The van der Waals surface area contributed by atoms with Crippen LogP contribution in [-0.2, 0) is 16.0 Å². The summed E-state index contributed by atoms with van der Waals surface area (Å²) in [6.45, 7) is 1.31. The molecule has 1 aromatic rings. The molecule has 1 atom stereocenters. The summed E-state index contributed by atoms with van der Waals surface area (Å²) in [4.78, 5) is 22.8. The van der Waals surface area contributed by atoms with Gasteiger partial charge >= 0.3 is 5.97 Å². The minimum Gasteiger partial charge on any atom is -0.454 e. The molecule has 0 amide bonds. The molecule has 0 heterocycles. The van der Waals surface area contributed by atoms with Crippen LogP contribution >= 0.6 is 11.6 Å². The highest BCUT2D eigenvalue weighted by Gasteiger charge is 2.29. The van der Waals surface area contributed by atoms with Crippen molar-refractivity contribution in [1.29, 1.82) is 0 Å². The van der Waals surface area contributed by atoms with Crippen molar-refractivity contribution in [1.82, 2.24) is 0 Å². The zero-order valence-electron chi connectivity index (χ0n) is 8.83. The molecule has 2 rings (SSSR count). The summed E-state index contributed by atoms with van der Waals surface area (Å²) in [6.07, 6.45) is 0.631. The van der Waals surface area contributed by atoms with Crippen LogP contribution in [0.3, 0.4) is 0 Å². The van der Waals surface area contributed by atoms with Crippen LogP contribution < -0.4 is 0 Å². The van der Waals surface area contributed by atoms with Crippen LogP contribution in [-0.4, -0.2) is 17.9 Å².